The van der Waals surface area contributed by atoms with E-state index in [-0.39, 0.29) is 24.2 Å². The Labute approximate surface area is 160 Å². The van der Waals surface area contributed by atoms with Gasteiger partial charge in [-0.05, 0) is 38.6 Å². The maximum absolute atomic E-state index is 11.7. The van der Waals surface area contributed by atoms with Crippen molar-refractivity contribution in [3.8, 4) is 0 Å². The molecule has 0 aromatic carbocycles. The van der Waals surface area contributed by atoms with Crippen molar-refractivity contribution in [2.24, 2.45) is 17.8 Å². The van der Waals surface area contributed by atoms with Crippen molar-refractivity contribution in [1.82, 2.24) is 5.32 Å². The molecule has 0 unspecified atom stereocenters. The molecule has 158 valence electrons. The van der Waals surface area contributed by atoms with Crippen molar-refractivity contribution in [2.75, 3.05) is 20.2 Å². The predicted molar refractivity (Wildman–Crippen MR) is 98.4 cm³/mol. The van der Waals surface area contributed by atoms with Crippen molar-refractivity contribution in [1.29, 1.82) is 0 Å². The number of aliphatic hydroxyl groups is 1. The first-order chi connectivity index (χ1) is 12.0. The lowest BCUT2D eigenvalue weighted by Gasteiger charge is -2.03. The molecule has 1 saturated heterocycles. The van der Waals surface area contributed by atoms with E-state index in [4.69, 9.17) is 5.11 Å². The highest BCUT2D eigenvalue weighted by molar-refractivity contribution is 5.85. The number of halogens is 5. The highest BCUT2D eigenvalue weighted by atomic mass is 35.5. The smallest absolute Gasteiger partial charge is 0.242 e. The molecular weight excluding hydrogens is 374 g/mol. The van der Waals surface area contributed by atoms with E-state index in [9.17, 15) is 22.4 Å². The van der Waals surface area contributed by atoms with E-state index >= 15 is 0 Å². The molecule has 1 aliphatic heterocycles. The second kappa shape index (κ2) is 18.0. The van der Waals surface area contributed by atoms with Gasteiger partial charge in [-0.1, -0.05) is 25.7 Å². The van der Waals surface area contributed by atoms with E-state index in [1.165, 1.54) is 12.8 Å². The van der Waals surface area contributed by atoms with Crippen molar-refractivity contribution < 1.29 is 27.5 Å². The van der Waals surface area contributed by atoms with Gasteiger partial charge in [-0.2, -0.15) is 0 Å². The molecule has 2 aliphatic carbocycles. The lowest BCUT2D eigenvalue weighted by Crippen LogP contribution is -2.14. The SMILES string of the molecule is CO.Cl.FC(F)C1CCCC1.FC(F)[C@H]1CCNC1.O=CC1CCCC1. The standard InChI is InChI=1S/C6H10F2.C6H10O.C5H9F2N.CH4O.ClH/c7-6(8)5-3-1-2-4-5;7-5-6-3-1-2-4-6;6-5(7)4-1-2-8-3-4;1-2;/h5-6H,1-4H2;5-6H,1-4H2;4-5,8H,1-3H2;2H,1H3;1H/t;;4-;;/m..0../s1. The molecule has 0 bridgehead atoms. The molecule has 1 heterocycles. The van der Waals surface area contributed by atoms with Gasteiger partial charge in [0.15, 0.2) is 0 Å². The molecule has 0 aromatic rings. The lowest BCUT2D eigenvalue weighted by atomic mass is 10.1. The minimum absolute atomic E-state index is 0. The molecular formula is C18H34ClF4NO2. The van der Waals surface area contributed by atoms with Gasteiger partial charge in [-0.25, -0.2) is 17.6 Å². The Hall–Kier alpha value is -0.400. The van der Waals surface area contributed by atoms with Gasteiger partial charge in [0.1, 0.15) is 6.29 Å². The van der Waals surface area contributed by atoms with Crippen LogP contribution in [0.25, 0.3) is 0 Å². The summed E-state index contributed by atoms with van der Waals surface area (Å²) in [7, 11) is 1.00. The fraction of sp³-hybridized carbons (Fsp3) is 0.944. The molecule has 3 aliphatic rings. The van der Waals surface area contributed by atoms with E-state index in [1.807, 2.05) is 0 Å². The first kappa shape index (κ1) is 27.8. The lowest BCUT2D eigenvalue weighted by molar-refractivity contribution is -0.110. The molecule has 0 radical (unpaired) electrons. The molecule has 26 heavy (non-hydrogen) atoms. The van der Waals surface area contributed by atoms with Crippen molar-refractivity contribution in [3.63, 3.8) is 0 Å². The summed E-state index contributed by atoms with van der Waals surface area (Å²) in [4.78, 5) is 10.0. The van der Waals surface area contributed by atoms with Gasteiger partial charge in [0.2, 0.25) is 12.9 Å². The van der Waals surface area contributed by atoms with Crippen LogP contribution in [0.1, 0.15) is 57.8 Å². The molecule has 2 saturated carbocycles. The minimum atomic E-state index is -2.12. The Kier molecular flexibility index (Phi) is 19.2. The van der Waals surface area contributed by atoms with Crippen LogP contribution in [0.2, 0.25) is 0 Å². The summed E-state index contributed by atoms with van der Waals surface area (Å²) in [6.45, 7) is 1.26. The number of aldehydes is 1. The van der Waals surface area contributed by atoms with E-state index in [2.05, 4.69) is 5.32 Å². The van der Waals surface area contributed by atoms with Crippen LogP contribution < -0.4 is 5.32 Å². The predicted octanol–water partition coefficient (Wildman–Crippen LogP) is 4.71. The molecule has 0 spiro atoms. The van der Waals surface area contributed by atoms with Crippen LogP contribution in [0.4, 0.5) is 17.6 Å². The van der Waals surface area contributed by atoms with Gasteiger partial charge >= 0.3 is 0 Å². The second-order valence-corrected chi connectivity index (χ2v) is 6.65. The largest absolute Gasteiger partial charge is 0.400 e. The summed E-state index contributed by atoms with van der Waals surface area (Å²) in [6.07, 6.45) is 5.88. The summed E-state index contributed by atoms with van der Waals surface area (Å²) in [5.41, 5.74) is 0. The zero-order valence-corrected chi connectivity index (χ0v) is 16.3. The third-order valence-corrected chi connectivity index (χ3v) is 4.80. The quantitative estimate of drug-likeness (QED) is 0.526. The number of alkyl halides is 4. The zero-order chi connectivity index (χ0) is 19.1. The maximum Gasteiger partial charge on any atom is 0.242 e. The Balaban J connectivity index is 0. The number of aliphatic hydroxyl groups excluding tert-OH is 1. The van der Waals surface area contributed by atoms with Crippen molar-refractivity contribution >= 4 is 18.7 Å². The minimum Gasteiger partial charge on any atom is -0.400 e. The van der Waals surface area contributed by atoms with E-state index in [0.29, 0.717) is 18.9 Å². The zero-order valence-electron chi connectivity index (χ0n) is 15.5. The van der Waals surface area contributed by atoms with Crippen molar-refractivity contribution in [2.45, 2.75) is 70.6 Å². The van der Waals surface area contributed by atoms with Gasteiger partial charge in [-0.15, -0.1) is 12.4 Å². The highest BCUT2D eigenvalue weighted by Gasteiger charge is 2.24. The fourth-order valence-corrected chi connectivity index (χ4v) is 3.19. The first-order valence-electron chi connectivity index (χ1n) is 9.21. The van der Waals surface area contributed by atoms with E-state index < -0.39 is 12.9 Å². The number of carbonyl (C=O) groups is 1. The topological polar surface area (TPSA) is 49.3 Å². The molecule has 8 heteroatoms. The molecule has 3 nitrogen and oxygen atoms in total. The molecule has 0 amide bonds. The highest BCUT2D eigenvalue weighted by Crippen LogP contribution is 2.29. The maximum atomic E-state index is 11.7. The summed E-state index contributed by atoms with van der Waals surface area (Å²) < 4.78 is 46.9. The number of hydrogen-bond acceptors (Lipinski definition) is 3. The Morgan fingerprint density at radius 3 is 1.54 bits per heavy atom. The van der Waals surface area contributed by atoms with Gasteiger partial charge in [0.25, 0.3) is 0 Å². The molecule has 2 N–H and O–H groups in total. The molecule has 3 rings (SSSR count). The van der Waals surface area contributed by atoms with Crippen LogP contribution in [0.5, 0.6) is 0 Å². The first-order valence-corrected chi connectivity index (χ1v) is 9.21. The Bertz CT molecular complexity index is 288. The molecule has 0 aromatic heterocycles. The fourth-order valence-electron chi connectivity index (χ4n) is 3.19. The monoisotopic (exact) mass is 407 g/mol. The van der Waals surface area contributed by atoms with Crippen LogP contribution in [0.15, 0.2) is 0 Å². The average molecular weight is 408 g/mol. The summed E-state index contributed by atoms with van der Waals surface area (Å²) in [5.74, 6) is -0.231. The van der Waals surface area contributed by atoms with Crippen LogP contribution >= 0.6 is 12.4 Å². The Morgan fingerprint density at radius 2 is 1.31 bits per heavy atom. The third-order valence-electron chi connectivity index (χ3n) is 4.80. The molecule has 3 fully saturated rings. The third kappa shape index (κ3) is 12.9. The summed E-state index contributed by atoms with van der Waals surface area (Å²) >= 11 is 0. The van der Waals surface area contributed by atoms with Crippen LogP contribution in [0.3, 0.4) is 0 Å². The number of carbonyl (C=O) groups excluding carboxylic acids is 1. The van der Waals surface area contributed by atoms with Crippen LogP contribution in [0, 0.1) is 17.8 Å². The normalized spacial score (nSPS) is 22.5. The Morgan fingerprint density at radius 1 is 0.846 bits per heavy atom. The van der Waals surface area contributed by atoms with Gasteiger partial charge < -0.3 is 15.2 Å². The summed E-state index contributed by atoms with van der Waals surface area (Å²) in [5, 5.41) is 9.87. The van der Waals surface area contributed by atoms with Gasteiger partial charge in [0.05, 0.1) is 0 Å². The van der Waals surface area contributed by atoms with E-state index in [0.717, 1.165) is 58.5 Å². The van der Waals surface area contributed by atoms with E-state index in [1.54, 1.807) is 0 Å². The number of hydrogen-bond donors (Lipinski definition) is 2. The average Bonchev–Trinajstić information content (AvgIpc) is 3.41. The van der Waals surface area contributed by atoms with Gasteiger partial charge in [-0.3, -0.25) is 0 Å². The van der Waals surface area contributed by atoms with Crippen LogP contribution in [-0.4, -0.2) is 44.4 Å². The number of nitrogens with one attached hydrogen (secondary N) is 1. The summed E-state index contributed by atoms with van der Waals surface area (Å²) in [6, 6.07) is 0. The van der Waals surface area contributed by atoms with Crippen molar-refractivity contribution in [3.05, 3.63) is 0 Å². The second-order valence-electron chi connectivity index (χ2n) is 6.65. The number of rotatable bonds is 3. The molecule has 1 atom stereocenters. The van der Waals surface area contributed by atoms with Crippen LogP contribution in [-0.2, 0) is 4.79 Å². The van der Waals surface area contributed by atoms with Gasteiger partial charge in [0, 0.05) is 31.4 Å².